The molecule has 16 heavy (non-hydrogen) atoms. The molecule has 0 saturated carbocycles. The molecule has 1 aliphatic heterocycles. The van der Waals surface area contributed by atoms with E-state index in [1.165, 1.54) is 32.1 Å². The molecule has 0 amide bonds. The Balaban J connectivity index is 1.79. The third kappa shape index (κ3) is 5.95. The van der Waals surface area contributed by atoms with E-state index in [0.717, 1.165) is 13.0 Å². The third-order valence-electron chi connectivity index (χ3n) is 2.60. The van der Waals surface area contributed by atoms with Crippen LogP contribution in [0, 0.1) is 0 Å². The van der Waals surface area contributed by atoms with E-state index >= 15 is 0 Å². The summed E-state index contributed by atoms with van der Waals surface area (Å²) in [4.78, 5) is 10.6. The maximum absolute atomic E-state index is 10.6. The number of rotatable bonds is 9. The molecule has 1 atom stereocenters. The van der Waals surface area contributed by atoms with Crippen molar-refractivity contribution in [2.24, 2.45) is 0 Å². The van der Waals surface area contributed by atoms with Crippen LogP contribution < -0.4 is 0 Å². The second-order valence-electron chi connectivity index (χ2n) is 4.14. The number of carbonyl (C=O) groups is 1. The van der Waals surface area contributed by atoms with Gasteiger partial charge in [0.25, 0.3) is 0 Å². The van der Waals surface area contributed by atoms with Crippen molar-refractivity contribution in [2.75, 3.05) is 19.8 Å². The summed E-state index contributed by atoms with van der Waals surface area (Å²) in [6.45, 7) is 3.75. The zero-order chi connectivity index (χ0) is 11.6. The minimum Gasteiger partial charge on any atom is -0.430 e. The fourth-order valence-electron chi connectivity index (χ4n) is 1.65. The van der Waals surface area contributed by atoms with Gasteiger partial charge in [-0.25, -0.2) is 4.79 Å². The van der Waals surface area contributed by atoms with Gasteiger partial charge < -0.3 is 14.2 Å². The molecule has 0 aromatic heterocycles. The maximum atomic E-state index is 10.6. The van der Waals surface area contributed by atoms with Crippen molar-refractivity contribution in [2.45, 2.75) is 51.6 Å². The van der Waals surface area contributed by atoms with Gasteiger partial charge in [0, 0.05) is 6.61 Å². The molecule has 1 fully saturated rings. The number of ether oxygens (including phenoxy) is 3. The molecule has 0 aromatic rings. The van der Waals surface area contributed by atoms with Gasteiger partial charge in [0.2, 0.25) is 0 Å². The summed E-state index contributed by atoms with van der Waals surface area (Å²) < 4.78 is 14.9. The predicted molar refractivity (Wildman–Crippen MR) is 60.4 cm³/mol. The van der Waals surface area contributed by atoms with Crippen LogP contribution in [0.15, 0.2) is 0 Å². The zero-order valence-electron chi connectivity index (χ0n) is 10.1. The second kappa shape index (κ2) is 8.39. The number of carbonyl (C=O) groups excluding carboxylic acids is 1. The summed E-state index contributed by atoms with van der Waals surface area (Å²) in [6, 6.07) is 0. The van der Waals surface area contributed by atoms with Crippen molar-refractivity contribution in [3.63, 3.8) is 0 Å². The van der Waals surface area contributed by atoms with Crippen LogP contribution in [0.25, 0.3) is 0 Å². The molecule has 0 N–H and O–H groups in total. The summed E-state index contributed by atoms with van der Waals surface area (Å²) in [7, 11) is 0. The average molecular weight is 230 g/mol. The molecule has 1 rings (SSSR count). The Hall–Kier alpha value is -0.770. The van der Waals surface area contributed by atoms with Crippen molar-refractivity contribution < 1.29 is 19.0 Å². The fraction of sp³-hybridized carbons (Fsp3) is 0.917. The molecule has 94 valence electrons. The first-order valence-corrected chi connectivity index (χ1v) is 6.24. The van der Waals surface area contributed by atoms with E-state index in [1.54, 1.807) is 0 Å². The second-order valence-corrected chi connectivity index (χ2v) is 4.14. The number of unbranched alkanes of at least 4 members (excludes halogenated alkanes) is 5. The van der Waals surface area contributed by atoms with Gasteiger partial charge in [-0.2, -0.15) is 0 Å². The molecule has 1 unspecified atom stereocenters. The van der Waals surface area contributed by atoms with Gasteiger partial charge in [-0.1, -0.05) is 39.0 Å². The smallest absolute Gasteiger partial charge is 0.430 e. The van der Waals surface area contributed by atoms with Crippen LogP contribution >= 0.6 is 0 Å². The van der Waals surface area contributed by atoms with Crippen molar-refractivity contribution in [1.82, 2.24) is 0 Å². The number of cyclic esters (lactones) is 2. The van der Waals surface area contributed by atoms with Gasteiger partial charge in [0.1, 0.15) is 6.61 Å². The van der Waals surface area contributed by atoms with Gasteiger partial charge in [-0.15, -0.1) is 0 Å². The highest BCUT2D eigenvalue weighted by Gasteiger charge is 2.24. The molecule has 4 nitrogen and oxygen atoms in total. The standard InChI is InChI=1S/C12H22O4/c1-2-3-4-5-6-7-8-14-9-11-10-15-12(13)16-11/h11H,2-10H2,1H3. The Kier molecular flexibility index (Phi) is 6.97. The molecular weight excluding hydrogens is 208 g/mol. The summed E-state index contributed by atoms with van der Waals surface area (Å²) in [5.41, 5.74) is 0. The van der Waals surface area contributed by atoms with Crippen molar-refractivity contribution >= 4 is 6.16 Å². The lowest BCUT2D eigenvalue weighted by molar-refractivity contribution is 0.0443. The Morgan fingerprint density at radius 2 is 2.00 bits per heavy atom. The largest absolute Gasteiger partial charge is 0.508 e. The molecule has 0 aliphatic carbocycles. The highest BCUT2D eigenvalue weighted by atomic mass is 16.8. The Morgan fingerprint density at radius 1 is 1.25 bits per heavy atom. The van der Waals surface area contributed by atoms with Crippen LogP contribution in [0.1, 0.15) is 45.4 Å². The molecular formula is C12H22O4. The lowest BCUT2D eigenvalue weighted by atomic mass is 10.1. The minimum atomic E-state index is -0.576. The molecule has 1 saturated heterocycles. The summed E-state index contributed by atoms with van der Waals surface area (Å²) >= 11 is 0. The van der Waals surface area contributed by atoms with E-state index in [-0.39, 0.29) is 6.10 Å². The summed E-state index contributed by atoms with van der Waals surface area (Å²) in [5.74, 6) is 0. The van der Waals surface area contributed by atoms with Crippen LogP contribution in [0.3, 0.4) is 0 Å². The van der Waals surface area contributed by atoms with E-state index in [9.17, 15) is 4.79 Å². The van der Waals surface area contributed by atoms with E-state index < -0.39 is 6.16 Å². The first-order valence-electron chi connectivity index (χ1n) is 6.24. The molecule has 0 aromatic carbocycles. The summed E-state index contributed by atoms with van der Waals surface area (Å²) in [6.07, 6.45) is 6.76. The lowest BCUT2D eigenvalue weighted by Crippen LogP contribution is -2.18. The monoisotopic (exact) mass is 230 g/mol. The molecule has 1 aliphatic rings. The van der Waals surface area contributed by atoms with Crippen LogP contribution in [-0.4, -0.2) is 32.1 Å². The normalized spacial score (nSPS) is 19.6. The van der Waals surface area contributed by atoms with Crippen LogP contribution in [0.4, 0.5) is 4.79 Å². The highest BCUT2D eigenvalue weighted by molar-refractivity contribution is 5.61. The van der Waals surface area contributed by atoms with Gasteiger partial charge in [0.15, 0.2) is 6.10 Å². The predicted octanol–water partition coefficient (Wildman–Crippen LogP) is 2.90. The topological polar surface area (TPSA) is 44.8 Å². The van der Waals surface area contributed by atoms with Crippen LogP contribution in [0.5, 0.6) is 0 Å². The fourth-order valence-corrected chi connectivity index (χ4v) is 1.65. The molecule has 4 heteroatoms. The lowest BCUT2D eigenvalue weighted by Gasteiger charge is -2.07. The molecule has 0 radical (unpaired) electrons. The van der Waals surface area contributed by atoms with Crippen LogP contribution in [0.2, 0.25) is 0 Å². The van der Waals surface area contributed by atoms with Gasteiger partial charge in [0.05, 0.1) is 6.61 Å². The van der Waals surface area contributed by atoms with E-state index in [1.807, 2.05) is 0 Å². The van der Waals surface area contributed by atoms with E-state index in [0.29, 0.717) is 13.2 Å². The molecule has 0 spiro atoms. The zero-order valence-corrected chi connectivity index (χ0v) is 10.1. The van der Waals surface area contributed by atoms with E-state index in [2.05, 4.69) is 11.7 Å². The Bertz CT molecular complexity index is 193. The SMILES string of the molecule is CCCCCCCCOCC1COC(=O)O1. The minimum absolute atomic E-state index is 0.201. The van der Waals surface area contributed by atoms with Crippen molar-refractivity contribution in [3.8, 4) is 0 Å². The van der Waals surface area contributed by atoms with Crippen molar-refractivity contribution in [1.29, 1.82) is 0 Å². The first-order chi connectivity index (χ1) is 7.83. The molecule has 1 heterocycles. The first kappa shape index (κ1) is 13.3. The van der Waals surface area contributed by atoms with Gasteiger partial charge in [-0.3, -0.25) is 0 Å². The van der Waals surface area contributed by atoms with Crippen molar-refractivity contribution in [3.05, 3.63) is 0 Å². The highest BCUT2D eigenvalue weighted by Crippen LogP contribution is 2.08. The summed E-state index contributed by atoms with van der Waals surface area (Å²) in [5, 5.41) is 0. The molecule has 0 bridgehead atoms. The Labute approximate surface area is 97.2 Å². The van der Waals surface area contributed by atoms with Gasteiger partial charge >= 0.3 is 6.16 Å². The number of hydrogen-bond donors (Lipinski definition) is 0. The van der Waals surface area contributed by atoms with Gasteiger partial charge in [-0.05, 0) is 6.42 Å². The third-order valence-corrected chi connectivity index (χ3v) is 2.60. The Morgan fingerprint density at radius 3 is 2.69 bits per heavy atom. The van der Waals surface area contributed by atoms with Crippen LogP contribution in [-0.2, 0) is 14.2 Å². The number of hydrogen-bond acceptors (Lipinski definition) is 4. The van der Waals surface area contributed by atoms with E-state index in [4.69, 9.17) is 9.47 Å². The maximum Gasteiger partial charge on any atom is 0.508 e. The quantitative estimate of drug-likeness (QED) is 0.451. The average Bonchev–Trinajstić information content (AvgIpc) is 2.68.